The van der Waals surface area contributed by atoms with Gasteiger partial charge in [0.25, 0.3) is 0 Å². The van der Waals surface area contributed by atoms with E-state index in [9.17, 15) is 9.90 Å². The predicted octanol–water partition coefficient (Wildman–Crippen LogP) is 7.36. The summed E-state index contributed by atoms with van der Waals surface area (Å²) < 4.78 is 5.20. The SMILES string of the molecule is C=CC(=O)Oc1cc2ccccc2c(N=Nc2cccc3cc4ccccc4cc23)c1O. The van der Waals surface area contributed by atoms with Crippen LogP contribution >= 0.6 is 0 Å². The number of nitrogens with zero attached hydrogens (tertiary/aromatic N) is 2. The largest absolute Gasteiger partial charge is 0.503 e. The number of ether oxygens (including phenoxy) is 1. The van der Waals surface area contributed by atoms with Crippen LogP contribution in [0.1, 0.15) is 0 Å². The van der Waals surface area contributed by atoms with Crippen LogP contribution in [0.4, 0.5) is 11.4 Å². The van der Waals surface area contributed by atoms with Gasteiger partial charge in [0.1, 0.15) is 5.69 Å². The Labute approximate surface area is 183 Å². The van der Waals surface area contributed by atoms with Gasteiger partial charge >= 0.3 is 5.97 Å². The van der Waals surface area contributed by atoms with E-state index in [2.05, 4.69) is 41.1 Å². The predicted molar refractivity (Wildman–Crippen MR) is 127 cm³/mol. The monoisotopic (exact) mass is 418 g/mol. The highest BCUT2D eigenvalue weighted by Gasteiger charge is 2.16. The van der Waals surface area contributed by atoms with Crippen molar-refractivity contribution in [2.75, 3.05) is 0 Å². The van der Waals surface area contributed by atoms with Gasteiger partial charge in [-0.25, -0.2) is 4.79 Å². The molecule has 0 atom stereocenters. The minimum absolute atomic E-state index is 0.00598. The van der Waals surface area contributed by atoms with Gasteiger partial charge in [0.15, 0.2) is 11.5 Å². The van der Waals surface area contributed by atoms with E-state index in [1.807, 2.05) is 54.6 Å². The maximum absolute atomic E-state index is 11.7. The van der Waals surface area contributed by atoms with E-state index in [0.29, 0.717) is 11.1 Å². The Morgan fingerprint density at radius 1 is 0.781 bits per heavy atom. The van der Waals surface area contributed by atoms with Gasteiger partial charge < -0.3 is 9.84 Å². The molecular weight excluding hydrogens is 400 g/mol. The van der Waals surface area contributed by atoms with E-state index < -0.39 is 5.97 Å². The third-order valence-corrected chi connectivity index (χ3v) is 5.32. The molecule has 0 aliphatic rings. The molecule has 5 aromatic rings. The van der Waals surface area contributed by atoms with Gasteiger partial charge in [0, 0.05) is 16.8 Å². The van der Waals surface area contributed by atoms with Crippen molar-refractivity contribution in [1.82, 2.24) is 0 Å². The molecule has 0 heterocycles. The van der Waals surface area contributed by atoms with Gasteiger partial charge in [0.2, 0.25) is 0 Å². The molecule has 0 aliphatic heterocycles. The first-order chi connectivity index (χ1) is 15.6. The molecule has 5 heteroatoms. The van der Waals surface area contributed by atoms with Crippen LogP contribution in [0.3, 0.4) is 0 Å². The number of rotatable bonds is 4. The maximum Gasteiger partial charge on any atom is 0.335 e. The van der Waals surface area contributed by atoms with Crippen molar-refractivity contribution in [2.24, 2.45) is 10.2 Å². The minimum atomic E-state index is -0.667. The summed E-state index contributed by atoms with van der Waals surface area (Å²) in [6, 6.07) is 27.1. The molecule has 1 N–H and O–H groups in total. The third kappa shape index (κ3) is 3.46. The van der Waals surface area contributed by atoms with Crippen molar-refractivity contribution in [3.8, 4) is 11.5 Å². The molecule has 0 spiro atoms. The number of carbonyl (C=O) groups is 1. The van der Waals surface area contributed by atoms with E-state index in [1.54, 1.807) is 6.07 Å². The van der Waals surface area contributed by atoms with Crippen molar-refractivity contribution in [3.05, 3.63) is 97.6 Å². The Kier molecular flexibility index (Phi) is 4.84. The molecule has 5 aromatic carbocycles. The Morgan fingerprint density at radius 3 is 2.22 bits per heavy atom. The number of hydrogen-bond donors (Lipinski definition) is 1. The summed E-state index contributed by atoms with van der Waals surface area (Å²) in [4.78, 5) is 11.7. The van der Waals surface area contributed by atoms with Crippen LogP contribution in [0, 0.1) is 0 Å². The number of carbonyl (C=O) groups excluding carboxylic acids is 1. The van der Waals surface area contributed by atoms with Crippen molar-refractivity contribution in [1.29, 1.82) is 0 Å². The second-order valence-corrected chi connectivity index (χ2v) is 7.32. The van der Waals surface area contributed by atoms with Gasteiger partial charge in [-0.3, -0.25) is 0 Å². The van der Waals surface area contributed by atoms with Crippen LogP contribution in [0.2, 0.25) is 0 Å². The zero-order valence-corrected chi connectivity index (χ0v) is 17.0. The summed E-state index contributed by atoms with van der Waals surface area (Å²) in [5, 5.41) is 25.4. The second kappa shape index (κ2) is 7.96. The lowest BCUT2D eigenvalue weighted by Crippen LogP contribution is -2.03. The molecule has 0 bridgehead atoms. The molecule has 32 heavy (non-hydrogen) atoms. The molecule has 0 fully saturated rings. The fourth-order valence-electron chi connectivity index (χ4n) is 3.76. The quantitative estimate of drug-likeness (QED) is 0.109. The lowest BCUT2D eigenvalue weighted by atomic mass is 10.0. The number of esters is 1. The average molecular weight is 418 g/mol. The van der Waals surface area contributed by atoms with Crippen LogP contribution < -0.4 is 4.74 Å². The van der Waals surface area contributed by atoms with E-state index in [4.69, 9.17) is 4.74 Å². The first-order valence-electron chi connectivity index (χ1n) is 10.1. The fraction of sp³-hybridized carbons (Fsp3) is 0. The van der Waals surface area contributed by atoms with E-state index in [1.165, 1.54) is 0 Å². The Bertz CT molecular complexity index is 1550. The van der Waals surface area contributed by atoms with E-state index in [-0.39, 0.29) is 17.2 Å². The number of azo groups is 1. The lowest BCUT2D eigenvalue weighted by Gasteiger charge is -2.10. The van der Waals surface area contributed by atoms with Crippen molar-refractivity contribution in [3.63, 3.8) is 0 Å². The number of hydrogen-bond acceptors (Lipinski definition) is 5. The highest BCUT2D eigenvalue weighted by molar-refractivity contribution is 6.03. The van der Waals surface area contributed by atoms with Gasteiger partial charge in [-0.05, 0) is 45.8 Å². The summed E-state index contributed by atoms with van der Waals surface area (Å²) in [5.41, 5.74) is 0.901. The standard InChI is InChI=1S/C27H18N2O3/c1-2-25(30)32-24-16-20-10-5-6-12-21(20)26(27(24)31)29-28-23-13-7-11-19-14-17-8-3-4-9-18(17)15-22(19)23/h2-16,31H,1H2. The zero-order valence-electron chi connectivity index (χ0n) is 17.0. The molecule has 154 valence electrons. The molecule has 0 radical (unpaired) electrons. The maximum atomic E-state index is 11.7. The molecular formula is C27H18N2O3. The van der Waals surface area contributed by atoms with Gasteiger partial charge in [-0.15, -0.1) is 10.2 Å². The summed E-state index contributed by atoms with van der Waals surface area (Å²) in [7, 11) is 0. The smallest absolute Gasteiger partial charge is 0.335 e. The topological polar surface area (TPSA) is 71.2 Å². The highest BCUT2D eigenvalue weighted by atomic mass is 16.5. The first-order valence-corrected chi connectivity index (χ1v) is 10.1. The highest BCUT2D eigenvalue weighted by Crippen LogP contribution is 2.44. The van der Waals surface area contributed by atoms with Gasteiger partial charge in [-0.2, -0.15) is 0 Å². The molecule has 5 rings (SSSR count). The normalized spacial score (nSPS) is 11.4. The Balaban J connectivity index is 1.67. The lowest BCUT2D eigenvalue weighted by molar-refractivity contribution is -0.129. The molecule has 0 aromatic heterocycles. The summed E-state index contributed by atoms with van der Waals surface area (Å²) in [6.45, 7) is 3.40. The van der Waals surface area contributed by atoms with Crippen molar-refractivity contribution >= 4 is 49.7 Å². The molecule has 0 aliphatic carbocycles. The van der Waals surface area contributed by atoms with Crippen LogP contribution in [-0.2, 0) is 4.79 Å². The Morgan fingerprint density at radius 2 is 1.44 bits per heavy atom. The summed E-state index contributed by atoms with van der Waals surface area (Å²) in [5.74, 6) is -0.917. The third-order valence-electron chi connectivity index (χ3n) is 5.32. The fourth-order valence-corrected chi connectivity index (χ4v) is 3.76. The van der Waals surface area contributed by atoms with Crippen LogP contribution in [0.5, 0.6) is 11.5 Å². The van der Waals surface area contributed by atoms with Crippen LogP contribution in [0.25, 0.3) is 32.3 Å². The van der Waals surface area contributed by atoms with Crippen molar-refractivity contribution in [2.45, 2.75) is 0 Å². The van der Waals surface area contributed by atoms with Gasteiger partial charge in [-0.1, -0.05) is 67.2 Å². The van der Waals surface area contributed by atoms with Crippen molar-refractivity contribution < 1.29 is 14.6 Å². The second-order valence-electron chi connectivity index (χ2n) is 7.32. The molecule has 0 saturated carbocycles. The van der Waals surface area contributed by atoms with E-state index >= 15 is 0 Å². The minimum Gasteiger partial charge on any atom is -0.503 e. The number of phenolic OH excluding ortho intramolecular Hbond substituents is 1. The van der Waals surface area contributed by atoms with Crippen LogP contribution in [0.15, 0.2) is 108 Å². The molecule has 5 nitrogen and oxygen atoms in total. The molecule has 0 unspecified atom stereocenters. The zero-order chi connectivity index (χ0) is 22.1. The van der Waals surface area contributed by atoms with Crippen LogP contribution in [-0.4, -0.2) is 11.1 Å². The number of aromatic hydroxyl groups is 1. The molecule has 0 amide bonds. The number of fused-ring (bicyclic) bond motifs is 3. The Hall–Kier alpha value is -4.51. The summed E-state index contributed by atoms with van der Waals surface area (Å²) >= 11 is 0. The molecule has 0 saturated heterocycles. The van der Waals surface area contributed by atoms with E-state index in [0.717, 1.165) is 33.0 Å². The number of phenols is 1. The summed E-state index contributed by atoms with van der Waals surface area (Å²) in [6.07, 6.45) is 1.04. The number of benzene rings is 5. The first kappa shape index (κ1) is 19.5. The average Bonchev–Trinajstić information content (AvgIpc) is 2.82. The van der Waals surface area contributed by atoms with Gasteiger partial charge in [0.05, 0.1) is 5.69 Å².